The Labute approximate surface area is 275 Å². The van der Waals surface area contributed by atoms with Gasteiger partial charge in [-0.3, -0.25) is 18.5 Å². The molecule has 0 aliphatic carbocycles. The van der Waals surface area contributed by atoms with Crippen LogP contribution in [-0.4, -0.2) is 69.5 Å². The molecule has 0 spiro atoms. The number of aryl methyl sites for hydroxylation is 1. The van der Waals surface area contributed by atoms with Crippen molar-refractivity contribution in [3.8, 4) is 0 Å². The van der Waals surface area contributed by atoms with Gasteiger partial charge in [-0.2, -0.15) is 8.42 Å². The molecule has 3 aromatic carbocycles. The van der Waals surface area contributed by atoms with E-state index in [-0.39, 0.29) is 11.5 Å². The number of aliphatic hydroxyl groups excluding tert-OH is 1. The Morgan fingerprint density at radius 2 is 1.49 bits per heavy atom. The highest BCUT2D eigenvalue weighted by atomic mass is 32.2. The number of hydrogen-bond donors (Lipinski definition) is 2. The molecule has 4 atom stereocenters. The second-order valence-electron chi connectivity index (χ2n) is 12.7. The molecule has 4 aromatic rings. The van der Waals surface area contributed by atoms with Crippen LogP contribution in [0.1, 0.15) is 32.6 Å². The van der Waals surface area contributed by atoms with Gasteiger partial charge in [0.25, 0.3) is 24.0 Å². The Bertz CT molecular complexity index is 1850. The van der Waals surface area contributed by atoms with Crippen LogP contribution in [0.15, 0.2) is 112 Å². The summed E-state index contributed by atoms with van der Waals surface area (Å²) in [5, 5.41) is 13.0. The summed E-state index contributed by atoms with van der Waals surface area (Å²) in [6.45, 7) is 7.20. The molecular formula is C34H40N2O9SSi. The fraction of sp³-hybridized carbons (Fsp3) is 0.353. The summed E-state index contributed by atoms with van der Waals surface area (Å²) in [4.78, 5) is 26.8. The maximum Gasteiger partial charge on any atom is 0.330 e. The minimum atomic E-state index is -4.31. The standard InChI is InChI=1S/C34H40N2O9SSi/c1-24-16-18-25(19-17-24)46(40,41)43-22-34(30(42-5)29(38)31(45-34)36-21-20-28(37)35-32(36)39)23-44-47(33(2,3)4,26-12-8-6-9-13-26)27-14-10-7-11-15-27/h6-21,29-31,38H,22-23H2,1-5H3,(H,35,37,39)/t29-,30-,31+,34+/m0/s1. The number of methoxy groups -OCH3 is 1. The monoisotopic (exact) mass is 680 g/mol. The second-order valence-corrected chi connectivity index (χ2v) is 18.6. The van der Waals surface area contributed by atoms with Crippen molar-refractivity contribution in [2.24, 2.45) is 0 Å². The van der Waals surface area contributed by atoms with Crippen molar-refractivity contribution in [3.05, 3.63) is 124 Å². The van der Waals surface area contributed by atoms with Gasteiger partial charge in [-0.05, 0) is 34.5 Å². The van der Waals surface area contributed by atoms with Crippen LogP contribution in [0.4, 0.5) is 0 Å². The highest BCUT2D eigenvalue weighted by Gasteiger charge is 2.60. The lowest BCUT2D eigenvalue weighted by atomic mass is 9.97. The van der Waals surface area contributed by atoms with Crippen molar-refractivity contribution in [2.75, 3.05) is 20.3 Å². The van der Waals surface area contributed by atoms with Crippen molar-refractivity contribution in [2.45, 2.75) is 61.7 Å². The summed E-state index contributed by atoms with van der Waals surface area (Å²) in [7, 11) is -6.19. The summed E-state index contributed by atoms with van der Waals surface area (Å²) in [6, 6.07) is 27.0. The molecule has 0 radical (unpaired) electrons. The van der Waals surface area contributed by atoms with E-state index in [1.807, 2.05) is 67.6 Å². The van der Waals surface area contributed by atoms with Crippen molar-refractivity contribution in [1.29, 1.82) is 0 Å². The number of rotatable bonds is 11. The van der Waals surface area contributed by atoms with Gasteiger partial charge in [0.1, 0.15) is 24.4 Å². The van der Waals surface area contributed by atoms with Crippen LogP contribution >= 0.6 is 0 Å². The van der Waals surface area contributed by atoms with E-state index in [1.165, 1.54) is 25.4 Å². The van der Waals surface area contributed by atoms with Gasteiger partial charge >= 0.3 is 5.69 Å². The number of aliphatic hydroxyl groups is 1. The molecule has 250 valence electrons. The first-order chi connectivity index (χ1) is 22.2. The van der Waals surface area contributed by atoms with Crippen LogP contribution in [0.25, 0.3) is 0 Å². The average Bonchev–Trinajstić information content (AvgIpc) is 3.32. The zero-order valence-electron chi connectivity index (χ0n) is 27.0. The van der Waals surface area contributed by atoms with Gasteiger partial charge in [0, 0.05) is 19.4 Å². The number of nitrogens with zero attached hydrogens (tertiary/aromatic N) is 1. The lowest BCUT2D eigenvalue weighted by Gasteiger charge is -2.45. The number of H-pyrrole nitrogens is 1. The van der Waals surface area contributed by atoms with Gasteiger partial charge in [-0.1, -0.05) is 99.1 Å². The molecule has 11 nitrogen and oxygen atoms in total. The molecule has 0 bridgehead atoms. The van der Waals surface area contributed by atoms with Gasteiger partial charge in [-0.25, -0.2) is 4.79 Å². The number of nitrogens with one attached hydrogen (secondary N) is 1. The molecule has 1 aliphatic heterocycles. The van der Waals surface area contributed by atoms with Crippen molar-refractivity contribution in [1.82, 2.24) is 9.55 Å². The fourth-order valence-corrected chi connectivity index (χ4v) is 11.8. The Morgan fingerprint density at radius 3 is 2.00 bits per heavy atom. The van der Waals surface area contributed by atoms with Crippen LogP contribution in [0, 0.1) is 6.92 Å². The first kappa shape index (κ1) is 34.6. The van der Waals surface area contributed by atoms with E-state index in [1.54, 1.807) is 12.1 Å². The van der Waals surface area contributed by atoms with Crippen molar-refractivity contribution >= 4 is 28.8 Å². The zero-order valence-corrected chi connectivity index (χ0v) is 28.8. The number of ether oxygens (including phenoxy) is 2. The van der Waals surface area contributed by atoms with Crippen LogP contribution in [0.5, 0.6) is 0 Å². The smallest absolute Gasteiger partial charge is 0.330 e. The third-order valence-electron chi connectivity index (χ3n) is 8.57. The summed E-state index contributed by atoms with van der Waals surface area (Å²) < 4.78 is 53.0. The number of aromatic nitrogens is 2. The van der Waals surface area contributed by atoms with Gasteiger partial charge in [0.15, 0.2) is 6.23 Å². The Hall–Kier alpha value is -3.69. The Kier molecular flexibility index (Phi) is 9.90. The highest BCUT2D eigenvalue weighted by Crippen LogP contribution is 2.43. The normalized spacial score (nSPS) is 22.0. The average molecular weight is 681 g/mol. The minimum Gasteiger partial charge on any atom is -0.404 e. The number of benzene rings is 3. The van der Waals surface area contributed by atoms with E-state index in [9.17, 15) is 23.1 Å². The second kappa shape index (κ2) is 13.4. The zero-order chi connectivity index (χ0) is 34.0. The van der Waals surface area contributed by atoms with E-state index in [0.717, 1.165) is 26.6 Å². The summed E-state index contributed by atoms with van der Waals surface area (Å²) in [6.07, 6.45) is -2.89. The van der Waals surface area contributed by atoms with E-state index >= 15 is 0 Å². The summed E-state index contributed by atoms with van der Waals surface area (Å²) >= 11 is 0. The first-order valence-corrected chi connectivity index (χ1v) is 18.5. The SMILES string of the molecule is CO[C@H]1[C@H](O)[C@H](n2ccc(=O)[nH]c2=O)O[C@@]1(CO[Si](c1ccccc1)(c1ccccc1)C(C)(C)C)COS(=O)(=O)c1ccc(C)cc1. The van der Waals surface area contributed by atoms with Gasteiger partial charge < -0.3 is 19.0 Å². The molecule has 1 aliphatic rings. The highest BCUT2D eigenvalue weighted by molar-refractivity contribution is 7.86. The minimum absolute atomic E-state index is 0.0629. The maximum atomic E-state index is 13.5. The predicted molar refractivity (Wildman–Crippen MR) is 179 cm³/mol. The van der Waals surface area contributed by atoms with E-state index in [2.05, 4.69) is 25.8 Å². The third kappa shape index (κ3) is 6.70. The van der Waals surface area contributed by atoms with Gasteiger partial charge in [-0.15, -0.1) is 0 Å². The molecule has 0 amide bonds. The van der Waals surface area contributed by atoms with Crippen molar-refractivity contribution < 1.29 is 31.6 Å². The van der Waals surface area contributed by atoms with Crippen molar-refractivity contribution in [3.63, 3.8) is 0 Å². The van der Waals surface area contributed by atoms with Gasteiger partial charge in [0.2, 0.25) is 0 Å². The van der Waals surface area contributed by atoms with E-state index in [4.69, 9.17) is 18.1 Å². The predicted octanol–water partition coefficient (Wildman–Crippen LogP) is 2.47. The molecule has 0 saturated carbocycles. The number of aromatic amines is 1. The largest absolute Gasteiger partial charge is 0.404 e. The molecule has 0 unspecified atom stereocenters. The Balaban J connectivity index is 1.63. The van der Waals surface area contributed by atoms with Crippen LogP contribution in [-0.2, 0) is 28.2 Å². The maximum absolute atomic E-state index is 13.5. The fourth-order valence-electron chi connectivity index (χ4n) is 6.26. The molecule has 1 fully saturated rings. The molecule has 2 N–H and O–H groups in total. The van der Waals surface area contributed by atoms with E-state index in [0.29, 0.717) is 0 Å². The molecule has 1 aromatic heterocycles. The van der Waals surface area contributed by atoms with E-state index < -0.39 is 65.4 Å². The molecule has 2 heterocycles. The molecule has 1 saturated heterocycles. The quantitative estimate of drug-likeness (QED) is 0.180. The van der Waals surface area contributed by atoms with Crippen LogP contribution in [0.3, 0.4) is 0 Å². The first-order valence-electron chi connectivity index (χ1n) is 15.2. The topological polar surface area (TPSA) is 146 Å². The summed E-state index contributed by atoms with van der Waals surface area (Å²) in [5.41, 5.74) is -2.33. The lowest BCUT2D eigenvalue weighted by Crippen LogP contribution is -2.68. The van der Waals surface area contributed by atoms with Crippen LogP contribution < -0.4 is 21.6 Å². The Morgan fingerprint density at radius 1 is 0.915 bits per heavy atom. The van der Waals surface area contributed by atoms with Gasteiger partial charge in [0.05, 0.1) is 11.5 Å². The third-order valence-corrected chi connectivity index (χ3v) is 14.8. The summed E-state index contributed by atoms with van der Waals surface area (Å²) in [5.74, 6) is 0. The number of hydrogen-bond acceptors (Lipinski definition) is 9. The molecule has 13 heteroatoms. The lowest BCUT2D eigenvalue weighted by molar-refractivity contribution is -0.148. The molecule has 5 rings (SSSR count). The molecule has 47 heavy (non-hydrogen) atoms. The molecular weight excluding hydrogens is 641 g/mol. The van der Waals surface area contributed by atoms with Crippen LogP contribution in [0.2, 0.25) is 5.04 Å².